The van der Waals surface area contributed by atoms with E-state index in [1.807, 2.05) is 12.1 Å². The molecule has 0 aliphatic carbocycles. The average Bonchev–Trinajstić information content (AvgIpc) is 2.54. The van der Waals surface area contributed by atoms with Crippen LogP contribution in [0.3, 0.4) is 0 Å². The van der Waals surface area contributed by atoms with Crippen molar-refractivity contribution in [3.05, 3.63) is 53.8 Å². The molecule has 0 unspecified atom stereocenters. The Morgan fingerprint density at radius 1 is 1.12 bits per heavy atom. The van der Waals surface area contributed by atoms with Crippen LogP contribution in [0.1, 0.15) is 5.56 Å². The molecule has 0 saturated heterocycles. The molecule has 0 atom stereocenters. The Hall–Kier alpha value is -2.64. The quantitative estimate of drug-likeness (QED) is 0.537. The van der Waals surface area contributed by atoms with Crippen LogP contribution in [0.5, 0.6) is 0 Å². The molecule has 24 heavy (non-hydrogen) atoms. The van der Waals surface area contributed by atoms with Crippen molar-refractivity contribution >= 4 is 23.1 Å². The van der Waals surface area contributed by atoms with Gasteiger partial charge in [0.2, 0.25) is 0 Å². The number of rotatable bonds is 7. The number of para-hydroxylation sites is 1. The minimum Gasteiger partial charge on any atom is -0.396 e. The second-order valence-electron chi connectivity index (χ2n) is 5.15. The van der Waals surface area contributed by atoms with Crippen molar-refractivity contribution in [2.75, 3.05) is 35.6 Å². The van der Waals surface area contributed by atoms with Crippen LogP contribution in [-0.4, -0.2) is 30.8 Å². The van der Waals surface area contributed by atoms with Crippen LogP contribution in [0.15, 0.2) is 42.5 Å². The number of urea groups is 1. The smallest absolute Gasteiger partial charge is 0.323 e. The van der Waals surface area contributed by atoms with E-state index in [2.05, 4.69) is 16.0 Å². The number of halogens is 1. The fourth-order valence-corrected chi connectivity index (χ4v) is 2.25. The Bertz CT molecular complexity index is 694. The summed E-state index contributed by atoms with van der Waals surface area (Å²) in [5.74, 6) is -0.465. The molecule has 6 nitrogen and oxygen atoms in total. The number of benzene rings is 2. The van der Waals surface area contributed by atoms with E-state index in [1.54, 1.807) is 18.2 Å². The molecule has 6 N–H and O–H groups in total. The van der Waals surface area contributed by atoms with Crippen LogP contribution in [0, 0.1) is 5.82 Å². The Morgan fingerprint density at radius 3 is 2.62 bits per heavy atom. The van der Waals surface area contributed by atoms with Gasteiger partial charge in [-0.3, -0.25) is 0 Å². The molecule has 0 radical (unpaired) electrons. The molecule has 2 aromatic carbocycles. The van der Waals surface area contributed by atoms with Gasteiger partial charge in [-0.15, -0.1) is 0 Å². The Kier molecular flexibility index (Phi) is 6.53. The molecule has 128 valence electrons. The lowest BCUT2D eigenvalue weighted by atomic mass is 10.1. The van der Waals surface area contributed by atoms with Gasteiger partial charge in [-0.25, -0.2) is 9.18 Å². The van der Waals surface area contributed by atoms with E-state index >= 15 is 0 Å². The van der Waals surface area contributed by atoms with Gasteiger partial charge in [-0.05, 0) is 36.2 Å². The summed E-state index contributed by atoms with van der Waals surface area (Å²) in [6.45, 7) is 0.908. The van der Waals surface area contributed by atoms with Crippen molar-refractivity contribution in [1.29, 1.82) is 0 Å². The van der Waals surface area contributed by atoms with Gasteiger partial charge < -0.3 is 26.8 Å². The summed E-state index contributed by atoms with van der Waals surface area (Å²) < 4.78 is 13.6. The number of aliphatic hydroxyl groups excluding tert-OH is 1. The number of nitrogens with one attached hydrogen (secondary N) is 3. The van der Waals surface area contributed by atoms with Crippen LogP contribution in [0.2, 0.25) is 0 Å². The zero-order valence-corrected chi connectivity index (χ0v) is 13.2. The molecule has 2 amide bonds. The standard InChI is InChI=1S/C17H21FN4O2/c18-13-9-14(20-7-6-19)11-15(10-13)21-17(24)22-16-4-2-1-3-12(16)5-8-23/h1-4,9-11,20,23H,5-8,19H2,(H2,21,22,24). The second-order valence-corrected chi connectivity index (χ2v) is 5.15. The monoisotopic (exact) mass is 332 g/mol. The van der Waals surface area contributed by atoms with Crippen molar-refractivity contribution in [1.82, 2.24) is 0 Å². The van der Waals surface area contributed by atoms with Crippen LogP contribution in [0.4, 0.5) is 26.2 Å². The molecule has 2 rings (SSSR count). The summed E-state index contributed by atoms with van der Waals surface area (Å²) in [6.07, 6.45) is 0.434. The van der Waals surface area contributed by atoms with Crippen LogP contribution < -0.4 is 21.7 Å². The van der Waals surface area contributed by atoms with E-state index in [9.17, 15) is 9.18 Å². The molecule has 7 heteroatoms. The highest BCUT2D eigenvalue weighted by Crippen LogP contribution is 2.19. The van der Waals surface area contributed by atoms with Crippen LogP contribution in [-0.2, 0) is 6.42 Å². The summed E-state index contributed by atoms with van der Waals surface area (Å²) >= 11 is 0. The SMILES string of the molecule is NCCNc1cc(F)cc(NC(=O)Nc2ccccc2CCO)c1. The molecule has 0 fully saturated rings. The number of hydrogen-bond donors (Lipinski definition) is 5. The lowest BCUT2D eigenvalue weighted by Gasteiger charge is -2.12. The molecule has 0 spiro atoms. The molecule has 0 heterocycles. The minimum atomic E-state index is -0.490. The third-order valence-electron chi connectivity index (χ3n) is 3.28. The first-order valence-corrected chi connectivity index (χ1v) is 7.63. The van der Waals surface area contributed by atoms with Gasteiger partial charge in [0.1, 0.15) is 5.82 Å². The molecule has 0 aromatic heterocycles. The number of nitrogens with two attached hydrogens (primary N) is 1. The zero-order chi connectivity index (χ0) is 17.4. The Balaban J connectivity index is 2.06. The molecule has 0 aliphatic rings. The summed E-state index contributed by atoms with van der Waals surface area (Å²) in [7, 11) is 0. The fourth-order valence-electron chi connectivity index (χ4n) is 2.25. The van der Waals surface area contributed by atoms with Crippen molar-refractivity contribution < 1.29 is 14.3 Å². The van der Waals surface area contributed by atoms with Gasteiger partial charge in [0.05, 0.1) is 0 Å². The van der Waals surface area contributed by atoms with Crippen molar-refractivity contribution in [3.63, 3.8) is 0 Å². The van der Waals surface area contributed by atoms with Crippen molar-refractivity contribution in [2.45, 2.75) is 6.42 Å². The van der Waals surface area contributed by atoms with E-state index < -0.39 is 11.8 Å². The van der Waals surface area contributed by atoms with Crippen molar-refractivity contribution in [3.8, 4) is 0 Å². The highest BCUT2D eigenvalue weighted by atomic mass is 19.1. The predicted molar refractivity (Wildman–Crippen MR) is 93.8 cm³/mol. The van der Waals surface area contributed by atoms with Gasteiger partial charge in [0, 0.05) is 36.8 Å². The van der Waals surface area contributed by atoms with E-state index in [1.165, 1.54) is 12.1 Å². The summed E-state index contributed by atoms with van der Waals surface area (Å²) in [6, 6.07) is 10.9. The molecule has 0 bridgehead atoms. The first-order valence-electron chi connectivity index (χ1n) is 7.63. The van der Waals surface area contributed by atoms with Gasteiger partial charge in [0.15, 0.2) is 0 Å². The summed E-state index contributed by atoms with van der Waals surface area (Å²) in [5.41, 5.74) is 7.69. The number of carbonyl (C=O) groups excluding carboxylic acids is 1. The van der Waals surface area contributed by atoms with E-state index in [0.29, 0.717) is 36.6 Å². The minimum absolute atomic E-state index is 0.0135. The molecule has 0 aliphatic heterocycles. The Morgan fingerprint density at radius 2 is 1.88 bits per heavy atom. The first-order chi connectivity index (χ1) is 11.6. The number of aliphatic hydroxyl groups is 1. The maximum Gasteiger partial charge on any atom is 0.323 e. The van der Waals surface area contributed by atoms with E-state index in [0.717, 1.165) is 5.56 Å². The normalized spacial score (nSPS) is 10.3. The van der Waals surface area contributed by atoms with Gasteiger partial charge in [0.25, 0.3) is 0 Å². The third-order valence-corrected chi connectivity index (χ3v) is 3.28. The summed E-state index contributed by atoms with van der Waals surface area (Å²) in [4.78, 5) is 12.1. The topological polar surface area (TPSA) is 99.4 Å². The van der Waals surface area contributed by atoms with Gasteiger partial charge in [-0.1, -0.05) is 18.2 Å². The number of amides is 2. The maximum atomic E-state index is 13.6. The van der Waals surface area contributed by atoms with Crippen LogP contribution in [0.25, 0.3) is 0 Å². The third kappa shape index (κ3) is 5.22. The number of hydrogen-bond acceptors (Lipinski definition) is 4. The lowest BCUT2D eigenvalue weighted by molar-refractivity contribution is 0.262. The largest absolute Gasteiger partial charge is 0.396 e. The molecule has 0 saturated carbocycles. The van der Waals surface area contributed by atoms with E-state index in [4.69, 9.17) is 10.8 Å². The highest BCUT2D eigenvalue weighted by Gasteiger charge is 2.08. The zero-order valence-electron chi connectivity index (χ0n) is 13.2. The number of anilines is 3. The highest BCUT2D eigenvalue weighted by molar-refractivity contribution is 6.00. The second kappa shape index (κ2) is 8.85. The van der Waals surface area contributed by atoms with Crippen molar-refractivity contribution in [2.24, 2.45) is 5.73 Å². The molecular formula is C17H21FN4O2. The maximum absolute atomic E-state index is 13.6. The van der Waals surface area contributed by atoms with Gasteiger partial charge in [-0.2, -0.15) is 0 Å². The van der Waals surface area contributed by atoms with E-state index in [-0.39, 0.29) is 6.61 Å². The average molecular weight is 332 g/mol. The molecular weight excluding hydrogens is 311 g/mol. The first kappa shape index (κ1) is 17.7. The van der Waals surface area contributed by atoms with Crippen LogP contribution >= 0.6 is 0 Å². The Labute approximate surface area is 139 Å². The van der Waals surface area contributed by atoms with Gasteiger partial charge >= 0.3 is 6.03 Å². The number of carbonyl (C=O) groups is 1. The molecule has 2 aromatic rings. The predicted octanol–water partition coefficient (Wildman–Crippen LogP) is 2.38. The lowest BCUT2D eigenvalue weighted by Crippen LogP contribution is -2.20. The summed E-state index contributed by atoms with van der Waals surface area (Å²) in [5, 5.41) is 17.3. The fraction of sp³-hybridized carbons (Fsp3) is 0.235.